The number of amidine groups is 1. The lowest BCUT2D eigenvalue weighted by molar-refractivity contribution is -0.138. The summed E-state index contributed by atoms with van der Waals surface area (Å²) in [6, 6.07) is 21.3. The van der Waals surface area contributed by atoms with E-state index in [1.807, 2.05) is 12.1 Å². The van der Waals surface area contributed by atoms with Crippen LogP contribution in [0, 0.1) is 0 Å². The van der Waals surface area contributed by atoms with Gasteiger partial charge in [0.2, 0.25) is 0 Å². The van der Waals surface area contributed by atoms with Crippen LogP contribution >= 0.6 is 0 Å². The number of benzene rings is 4. The summed E-state index contributed by atoms with van der Waals surface area (Å²) < 4.78 is 86.8. The molecule has 0 saturated heterocycles. The van der Waals surface area contributed by atoms with Gasteiger partial charge in [-0.05, 0) is 118 Å². The minimum Gasteiger partial charge on any atom is -0.294 e. The normalized spacial score (nSPS) is 15.8. The van der Waals surface area contributed by atoms with Gasteiger partial charge in [-0.15, -0.1) is 0 Å². The van der Waals surface area contributed by atoms with E-state index in [2.05, 4.69) is 104 Å². The summed E-state index contributed by atoms with van der Waals surface area (Å²) in [4.78, 5) is 7.24. The zero-order valence-electron chi connectivity index (χ0n) is 35.3. The molecule has 0 fully saturated rings. The number of hydrogen-bond donors (Lipinski definition) is 0. The maximum Gasteiger partial charge on any atom is 0.416 e. The Morgan fingerprint density at radius 2 is 1.08 bits per heavy atom. The summed E-state index contributed by atoms with van der Waals surface area (Å²) in [6.45, 7) is 21.7. The quantitative estimate of drug-likeness (QED) is 0.136. The molecule has 1 aliphatic rings. The highest BCUT2D eigenvalue weighted by atomic mass is 19.4. The van der Waals surface area contributed by atoms with E-state index in [1.54, 1.807) is 6.20 Å². The largest absolute Gasteiger partial charge is 0.416 e. The first-order valence-electron chi connectivity index (χ1n) is 20.5. The zero-order chi connectivity index (χ0) is 42.9. The molecule has 4 aromatic carbocycles. The first-order valence-corrected chi connectivity index (χ1v) is 20.5. The van der Waals surface area contributed by atoms with Crippen molar-refractivity contribution < 1.29 is 26.3 Å². The second kappa shape index (κ2) is 15.5. The molecule has 1 atom stereocenters. The van der Waals surface area contributed by atoms with Crippen LogP contribution in [0.15, 0.2) is 90.2 Å². The Morgan fingerprint density at radius 3 is 1.53 bits per heavy atom. The molecule has 1 aliphatic heterocycles. The van der Waals surface area contributed by atoms with Gasteiger partial charge >= 0.3 is 12.4 Å². The predicted octanol–water partition coefficient (Wildman–Crippen LogP) is 15.2. The predicted molar refractivity (Wildman–Crippen MR) is 228 cm³/mol. The standard InChI is InChI=1S/C49H52F6N4/c1-26(2)31-21-36(29(7)8)46(37(22-31)30(9)10)58-44-15-12-20-56-45(44)41(25-38-34(27(3)4)13-11-14-35(38)28(5)6)47(58)57-59-42-18-16-32(48(50,51)52)23-39(42)40-24-33(49(53,54)55)17-19-43(40)59/h11-24,26-30,41H,25H2,1-10H3/b57-47-. The maximum atomic E-state index is 14.2. The van der Waals surface area contributed by atoms with Crippen molar-refractivity contribution in [3.8, 4) is 0 Å². The van der Waals surface area contributed by atoms with Gasteiger partial charge in [-0.3, -0.25) is 9.88 Å². The molecule has 0 N–H and O–H groups in total. The van der Waals surface area contributed by atoms with Crippen LogP contribution in [0.3, 0.4) is 0 Å². The molecular formula is C49H52F6N4. The number of halogens is 6. The van der Waals surface area contributed by atoms with Crippen molar-refractivity contribution in [1.29, 1.82) is 0 Å². The SMILES string of the molecule is CC(C)c1cc(C(C)C)c(N2/C(=N\n3c4ccc(C(F)(F)F)cc4c4cc(C(F)(F)F)ccc43)C(Cc3c(C(C)C)cccc3C(C)C)c3ncccc32)c(C(C)C)c1. The number of pyridine rings is 1. The number of rotatable bonds is 9. The Balaban J connectivity index is 1.63. The third-order valence-electron chi connectivity index (χ3n) is 11.8. The van der Waals surface area contributed by atoms with Crippen LogP contribution in [0.2, 0.25) is 0 Å². The Hall–Kier alpha value is -5.12. The Labute approximate surface area is 343 Å². The molecule has 1 unspecified atom stereocenters. The summed E-state index contributed by atoms with van der Waals surface area (Å²) >= 11 is 0. The van der Waals surface area contributed by atoms with Crippen molar-refractivity contribution in [3.05, 3.63) is 135 Å². The summed E-state index contributed by atoms with van der Waals surface area (Å²) in [7, 11) is 0. The molecule has 0 bridgehead atoms. The molecule has 0 amide bonds. The Kier molecular flexibility index (Phi) is 11.0. The van der Waals surface area contributed by atoms with Crippen molar-refractivity contribution in [1.82, 2.24) is 9.66 Å². The minimum absolute atomic E-state index is 0.0290. The highest BCUT2D eigenvalue weighted by Crippen LogP contribution is 2.50. The molecular weight excluding hydrogens is 759 g/mol. The topological polar surface area (TPSA) is 33.4 Å². The molecule has 10 heteroatoms. The number of nitrogens with zero attached hydrogens (tertiary/aromatic N) is 4. The number of alkyl halides is 6. The van der Waals surface area contributed by atoms with E-state index >= 15 is 0 Å². The second-order valence-electron chi connectivity index (χ2n) is 17.5. The van der Waals surface area contributed by atoms with Crippen molar-refractivity contribution >= 4 is 39.0 Å². The molecule has 2 aromatic heterocycles. The van der Waals surface area contributed by atoms with E-state index in [9.17, 15) is 26.3 Å². The monoisotopic (exact) mass is 810 g/mol. The van der Waals surface area contributed by atoms with Crippen LogP contribution in [0.5, 0.6) is 0 Å². The van der Waals surface area contributed by atoms with Crippen molar-refractivity contribution in [2.75, 3.05) is 4.90 Å². The van der Waals surface area contributed by atoms with Gasteiger partial charge in [0, 0.05) is 17.0 Å². The van der Waals surface area contributed by atoms with Crippen molar-refractivity contribution in [2.45, 2.75) is 124 Å². The molecule has 4 nitrogen and oxygen atoms in total. The van der Waals surface area contributed by atoms with Crippen LogP contribution in [0.1, 0.15) is 155 Å². The number of hydrogen-bond acceptors (Lipinski definition) is 2. The molecule has 6 aromatic rings. The van der Waals surface area contributed by atoms with Crippen LogP contribution in [-0.4, -0.2) is 15.5 Å². The van der Waals surface area contributed by atoms with Gasteiger partial charge in [-0.2, -0.15) is 31.4 Å². The van der Waals surface area contributed by atoms with E-state index in [-0.39, 0.29) is 51.4 Å². The minimum atomic E-state index is -4.71. The van der Waals surface area contributed by atoms with Gasteiger partial charge in [0.1, 0.15) is 5.84 Å². The molecule has 3 heterocycles. The highest BCUT2D eigenvalue weighted by molar-refractivity contribution is 6.15. The second-order valence-corrected chi connectivity index (χ2v) is 17.5. The van der Waals surface area contributed by atoms with Crippen LogP contribution in [0.25, 0.3) is 21.8 Å². The van der Waals surface area contributed by atoms with E-state index < -0.39 is 29.4 Å². The lowest BCUT2D eigenvalue weighted by atomic mass is 9.83. The fourth-order valence-corrected chi connectivity index (χ4v) is 8.69. The lowest BCUT2D eigenvalue weighted by Gasteiger charge is -2.31. The number of fused-ring (bicyclic) bond motifs is 4. The van der Waals surface area contributed by atoms with Crippen LogP contribution in [-0.2, 0) is 18.8 Å². The summed E-state index contributed by atoms with van der Waals surface area (Å²) in [5.74, 6) is 0.996. The van der Waals surface area contributed by atoms with Gasteiger partial charge in [-0.25, -0.2) is 4.68 Å². The van der Waals surface area contributed by atoms with Gasteiger partial charge in [0.05, 0.1) is 45.1 Å². The summed E-state index contributed by atoms with van der Waals surface area (Å²) in [5.41, 5.74) is 8.24. The molecule has 0 spiro atoms. The van der Waals surface area contributed by atoms with Crippen LogP contribution in [0.4, 0.5) is 37.7 Å². The smallest absolute Gasteiger partial charge is 0.294 e. The van der Waals surface area contributed by atoms with E-state index in [4.69, 9.17) is 10.1 Å². The Bertz CT molecular complexity index is 2440. The molecule has 0 aliphatic carbocycles. The van der Waals surface area contributed by atoms with Crippen LogP contribution < -0.4 is 4.90 Å². The van der Waals surface area contributed by atoms with Crippen molar-refractivity contribution in [2.24, 2.45) is 5.10 Å². The molecule has 7 rings (SSSR count). The average molecular weight is 811 g/mol. The summed E-state index contributed by atoms with van der Waals surface area (Å²) in [6.07, 6.45) is -7.13. The number of anilines is 2. The van der Waals surface area contributed by atoms with Gasteiger partial charge in [-0.1, -0.05) is 99.6 Å². The molecule has 0 radical (unpaired) electrons. The van der Waals surface area contributed by atoms with Gasteiger partial charge < -0.3 is 0 Å². The Morgan fingerprint density at radius 1 is 0.593 bits per heavy atom. The average Bonchev–Trinajstić information content (AvgIpc) is 3.64. The first-order chi connectivity index (χ1) is 27.7. The fraction of sp³-hybridized carbons (Fsp3) is 0.388. The third kappa shape index (κ3) is 7.64. The molecule has 0 saturated carbocycles. The molecule has 310 valence electrons. The van der Waals surface area contributed by atoms with E-state index in [0.717, 1.165) is 52.5 Å². The van der Waals surface area contributed by atoms with Gasteiger partial charge in [0.25, 0.3) is 0 Å². The van der Waals surface area contributed by atoms with Crippen molar-refractivity contribution in [3.63, 3.8) is 0 Å². The van der Waals surface area contributed by atoms with Gasteiger partial charge in [0.15, 0.2) is 0 Å². The lowest BCUT2D eigenvalue weighted by Crippen LogP contribution is -2.29. The summed E-state index contributed by atoms with van der Waals surface area (Å²) in [5, 5.41) is 5.53. The first kappa shape index (κ1) is 42.0. The molecule has 59 heavy (non-hydrogen) atoms. The van der Waals surface area contributed by atoms with E-state index in [1.165, 1.54) is 39.1 Å². The fourth-order valence-electron chi connectivity index (χ4n) is 8.69. The highest BCUT2D eigenvalue weighted by Gasteiger charge is 2.42. The number of aromatic nitrogens is 2. The zero-order valence-corrected chi connectivity index (χ0v) is 35.3. The van der Waals surface area contributed by atoms with E-state index in [0.29, 0.717) is 12.3 Å². The third-order valence-corrected chi connectivity index (χ3v) is 11.8. The maximum absolute atomic E-state index is 14.2.